The first-order valence-electron chi connectivity index (χ1n) is 12.9. The molecule has 2 aliphatic carbocycles. The van der Waals surface area contributed by atoms with Gasteiger partial charge < -0.3 is 26.0 Å². The molecule has 1 unspecified atom stereocenters. The van der Waals surface area contributed by atoms with Gasteiger partial charge in [-0.15, -0.1) is 0 Å². The fraction of sp³-hybridized carbons (Fsp3) is 0.704. The molecule has 0 heterocycles. The predicted octanol–water partition coefficient (Wildman–Crippen LogP) is 3.40. The lowest BCUT2D eigenvalue weighted by Gasteiger charge is -2.49. The van der Waals surface area contributed by atoms with Crippen LogP contribution in [-0.4, -0.2) is 54.0 Å². The first-order valence-corrected chi connectivity index (χ1v) is 12.9. The van der Waals surface area contributed by atoms with Crippen LogP contribution in [0.5, 0.6) is 0 Å². The topological polar surface area (TPSA) is 122 Å². The van der Waals surface area contributed by atoms with Crippen molar-refractivity contribution in [2.45, 2.75) is 95.3 Å². The number of carbonyl (C=O) groups excluding carboxylic acids is 1. The minimum Gasteiger partial charge on any atom is -0.481 e. The van der Waals surface area contributed by atoms with Gasteiger partial charge >= 0.3 is 5.97 Å². The number of carboxylic acids is 1. The molecule has 34 heavy (non-hydrogen) atoms. The Morgan fingerprint density at radius 2 is 1.88 bits per heavy atom. The summed E-state index contributed by atoms with van der Waals surface area (Å²) in [7, 11) is 1.73. The Hall–Kier alpha value is -1.96. The lowest BCUT2D eigenvalue weighted by Crippen LogP contribution is -2.59. The zero-order valence-electron chi connectivity index (χ0n) is 20.9. The van der Waals surface area contributed by atoms with Crippen molar-refractivity contribution in [2.24, 2.45) is 17.6 Å². The molecule has 1 amide bonds. The molecule has 0 radical (unpaired) electrons. The minimum absolute atomic E-state index is 0.00222. The molecule has 190 valence electrons. The van der Waals surface area contributed by atoms with E-state index >= 15 is 0 Å². The largest absolute Gasteiger partial charge is 0.481 e. The zero-order chi connectivity index (χ0) is 24.9. The molecule has 1 aromatic carbocycles. The van der Waals surface area contributed by atoms with Crippen LogP contribution in [0.4, 0.5) is 0 Å². The number of nitrogens with two attached hydrogens (primary N) is 1. The number of hydrogen-bond acceptors (Lipinski definition) is 5. The molecule has 0 aromatic heterocycles. The van der Waals surface area contributed by atoms with E-state index in [0.29, 0.717) is 30.9 Å². The van der Waals surface area contributed by atoms with Crippen LogP contribution in [0.1, 0.15) is 86.7 Å². The van der Waals surface area contributed by atoms with Gasteiger partial charge in [0.25, 0.3) is 0 Å². The highest BCUT2D eigenvalue weighted by molar-refractivity contribution is 5.93. The molecule has 0 saturated heterocycles. The smallest absolute Gasteiger partial charge is 0.306 e. The van der Waals surface area contributed by atoms with Crippen molar-refractivity contribution in [1.29, 1.82) is 0 Å². The van der Waals surface area contributed by atoms with E-state index in [-0.39, 0.29) is 23.7 Å². The summed E-state index contributed by atoms with van der Waals surface area (Å²) in [4.78, 5) is 23.9. The number of aliphatic hydroxyl groups is 1. The lowest BCUT2D eigenvalue weighted by atomic mass is 9.62. The Balaban J connectivity index is 1.76. The standard InChI is InChI=1S/C27H42N2O5/c1-4-27(5-2)22-15-19(25(28)31)9-8-18(22)16-23(34-3)24(27)29-13-12-20(26(32)33)14-17-6-10-21(30)11-7-17/h8-9,15,17,20-21,23-24,29-30H,4-7,10-14,16H2,1-3H3,(H2,28,31)(H,32,33)/t17?,20?,21?,23-,24-/m1/s1. The van der Waals surface area contributed by atoms with E-state index in [9.17, 15) is 19.8 Å². The van der Waals surface area contributed by atoms with Gasteiger partial charge in [-0.25, -0.2) is 0 Å². The van der Waals surface area contributed by atoms with Crippen molar-refractivity contribution < 1.29 is 24.5 Å². The average molecular weight is 475 g/mol. The molecular weight excluding hydrogens is 432 g/mol. The molecule has 3 rings (SSSR count). The van der Waals surface area contributed by atoms with Gasteiger partial charge in [0, 0.05) is 30.6 Å². The molecule has 5 N–H and O–H groups in total. The van der Waals surface area contributed by atoms with E-state index in [2.05, 4.69) is 19.2 Å². The molecule has 7 heteroatoms. The van der Waals surface area contributed by atoms with Crippen molar-refractivity contribution in [1.82, 2.24) is 5.32 Å². The van der Waals surface area contributed by atoms with Crippen LogP contribution in [0.25, 0.3) is 0 Å². The summed E-state index contributed by atoms with van der Waals surface area (Å²) in [6.07, 6.45) is 6.76. The minimum atomic E-state index is -0.742. The highest BCUT2D eigenvalue weighted by Gasteiger charge is 2.46. The highest BCUT2D eigenvalue weighted by atomic mass is 16.5. The summed E-state index contributed by atoms with van der Waals surface area (Å²) in [6, 6.07) is 5.74. The molecule has 0 aliphatic heterocycles. The first-order chi connectivity index (χ1) is 16.2. The molecule has 7 nitrogen and oxygen atoms in total. The molecule has 3 atom stereocenters. The predicted molar refractivity (Wildman–Crippen MR) is 132 cm³/mol. The summed E-state index contributed by atoms with van der Waals surface area (Å²) in [5.74, 6) is -1.20. The van der Waals surface area contributed by atoms with Gasteiger partial charge in [-0.2, -0.15) is 0 Å². The van der Waals surface area contributed by atoms with Crippen LogP contribution in [0.15, 0.2) is 18.2 Å². The van der Waals surface area contributed by atoms with Crippen LogP contribution in [0.2, 0.25) is 0 Å². The van der Waals surface area contributed by atoms with Gasteiger partial charge in [0.05, 0.1) is 18.1 Å². The quantitative estimate of drug-likeness (QED) is 0.390. The van der Waals surface area contributed by atoms with Crippen molar-refractivity contribution in [3.05, 3.63) is 34.9 Å². The summed E-state index contributed by atoms with van der Waals surface area (Å²) in [5.41, 5.74) is 8.19. The number of benzene rings is 1. The van der Waals surface area contributed by atoms with Crippen LogP contribution in [0.3, 0.4) is 0 Å². The number of hydrogen-bond donors (Lipinski definition) is 4. The van der Waals surface area contributed by atoms with Gasteiger partial charge in [-0.3, -0.25) is 9.59 Å². The number of aliphatic hydroxyl groups excluding tert-OH is 1. The number of carboxylic acid groups (broad SMARTS) is 1. The number of rotatable bonds is 11. The van der Waals surface area contributed by atoms with Gasteiger partial charge in [0.1, 0.15) is 0 Å². The van der Waals surface area contributed by atoms with Crippen LogP contribution in [0, 0.1) is 11.8 Å². The van der Waals surface area contributed by atoms with Crippen LogP contribution < -0.4 is 11.1 Å². The molecular formula is C27H42N2O5. The number of carbonyl (C=O) groups is 2. The van der Waals surface area contributed by atoms with E-state index < -0.39 is 17.8 Å². The van der Waals surface area contributed by atoms with Crippen molar-refractivity contribution >= 4 is 11.9 Å². The van der Waals surface area contributed by atoms with E-state index in [4.69, 9.17) is 10.5 Å². The number of methoxy groups -OCH3 is 1. The van der Waals surface area contributed by atoms with E-state index in [0.717, 1.165) is 50.5 Å². The Morgan fingerprint density at radius 3 is 2.44 bits per heavy atom. The summed E-state index contributed by atoms with van der Waals surface area (Å²) >= 11 is 0. The van der Waals surface area contributed by atoms with Gasteiger partial charge in [-0.05, 0) is 87.1 Å². The Kier molecular flexibility index (Phi) is 9.13. The maximum Gasteiger partial charge on any atom is 0.306 e. The number of primary amides is 1. The third kappa shape index (κ3) is 5.64. The SMILES string of the molecule is CCC1(CC)c2cc(C(N)=O)ccc2C[C@@H](OC)[C@H]1NCCC(CC1CCC(O)CC1)C(=O)O. The third-order valence-electron chi connectivity index (χ3n) is 8.52. The molecule has 0 bridgehead atoms. The Bertz CT molecular complexity index is 845. The Morgan fingerprint density at radius 1 is 1.21 bits per heavy atom. The number of ether oxygens (including phenoxy) is 1. The van der Waals surface area contributed by atoms with Crippen LogP contribution >= 0.6 is 0 Å². The Labute approximate surface area is 203 Å². The maximum atomic E-state index is 12.0. The van der Waals surface area contributed by atoms with E-state index in [1.54, 1.807) is 13.2 Å². The molecule has 1 fully saturated rings. The zero-order valence-corrected chi connectivity index (χ0v) is 20.9. The number of fused-ring (bicyclic) bond motifs is 1. The summed E-state index contributed by atoms with van der Waals surface area (Å²) in [5, 5.41) is 23.3. The fourth-order valence-corrected chi connectivity index (χ4v) is 6.38. The number of amides is 1. The summed E-state index contributed by atoms with van der Waals surface area (Å²) < 4.78 is 5.94. The second-order valence-corrected chi connectivity index (χ2v) is 10.2. The second kappa shape index (κ2) is 11.6. The fourth-order valence-electron chi connectivity index (χ4n) is 6.38. The van der Waals surface area contributed by atoms with Gasteiger partial charge in [-0.1, -0.05) is 19.9 Å². The van der Waals surface area contributed by atoms with Gasteiger partial charge in [0.2, 0.25) is 5.91 Å². The van der Waals surface area contributed by atoms with Gasteiger partial charge in [0.15, 0.2) is 0 Å². The van der Waals surface area contributed by atoms with Crippen molar-refractivity contribution in [2.75, 3.05) is 13.7 Å². The number of aliphatic carboxylic acids is 1. The maximum absolute atomic E-state index is 12.0. The average Bonchev–Trinajstić information content (AvgIpc) is 2.83. The monoisotopic (exact) mass is 474 g/mol. The van der Waals surface area contributed by atoms with Crippen LogP contribution in [-0.2, 0) is 21.4 Å². The third-order valence-corrected chi connectivity index (χ3v) is 8.52. The van der Waals surface area contributed by atoms with Crippen molar-refractivity contribution in [3.8, 4) is 0 Å². The van der Waals surface area contributed by atoms with Crippen molar-refractivity contribution in [3.63, 3.8) is 0 Å². The number of nitrogens with one attached hydrogen (secondary N) is 1. The summed E-state index contributed by atoms with van der Waals surface area (Å²) in [6.45, 7) is 4.91. The van der Waals surface area contributed by atoms with E-state index in [1.807, 2.05) is 12.1 Å². The lowest BCUT2D eigenvalue weighted by molar-refractivity contribution is -0.142. The molecule has 1 aromatic rings. The highest BCUT2D eigenvalue weighted by Crippen LogP contribution is 2.44. The van der Waals surface area contributed by atoms with E-state index in [1.165, 1.54) is 5.56 Å². The molecule has 1 saturated carbocycles. The second-order valence-electron chi connectivity index (χ2n) is 10.2. The first kappa shape index (κ1) is 26.6. The molecule has 2 aliphatic rings. The molecule has 0 spiro atoms. The normalized spacial score (nSPS) is 27.1.